The topological polar surface area (TPSA) is 180 Å². The van der Waals surface area contributed by atoms with Crippen molar-refractivity contribution in [1.29, 1.82) is 0 Å². The summed E-state index contributed by atoms with van der Waals surface area (Å²) in [5.74, 6) is -0.980. The molecule has 0 radical (unpaired) electrons. The second kappa shape index (κ2) is 11.4. The molecule has 10 heteroatoms. The average Bonchev–Trinajstić information content (AvgIpc) is 2.64. The summed E-state index contributed by atoms with van der Waals surface area (Å²) in [6, 6.07) is 0. The van der Waals surface area contributed by atoms with Crippen molar-refractivity contribution < 1.29 is 50.3 Å². The van der Waals surface area contributed by atoms with E-state index in [1.54, 1.807) is 0 Å². The highest BCUT2D eigenvalue weighted by Gasteiger charge is 2.43. The Balaban J connectivity index is 2.63. The van der Waals surface area contributed by atoms with Gasteiger partial charge in [0.1, 0.15) is 30.5 Å². The zero-order chi connectivity index (χ0) is 19.9. The molecule has 0 bridgehead atoms. The fraction of sp³-hybridized carbons (Fsp3) is 1.00. The highest BCUT2D eigenvalue weighted by molar-refractivity contribution is 4.92. The van der Waals surface area contributed by atoms with E-state index in [0.29, 0.717) is 12.8 Å². The van der Waals surface area contributed by atoms with Crippen LogP contribution in [0.15, 0.2) is 0 Å². The number of hydrogen-bond donors (Lipinski definition) is 8. The molecule has 1 fully saturated rings. The standard InChI is InChI=1S/C16H32O10/c1-2-3-9(19)13(21)8(10(20)4-17)6-25-7-12-15(23)16(24)14(22)11(5-18)26-12/h8-24H,2-7H2,1H3. The van der Waals surface area contributed by atoms with E-state index >= 15 is 0 Å². The maximum Gasteiger partial charge on any atom is 0.111 e. The molecule has 0 aliphatic carbocycles. The van der Waals surface area contributed by atoms with E-state index in [4.69, 9.17) is 19.7 Å². The predicted octanol–water partition coefficient (Wildman–Crippen LogP) is -3.66. The van der Waals surface area contributed by atoms with Crippen LogP contribution in [-0.2, 0) is 9.47 Å². The molecule has 9 unspecified atom stereocenters. The van der Waals surface area contributed by atoms with Gasteiger partial charge in [0.05, 0.1) is 44.7 Å². The Labute approximate surface area is 152 Å². The maximum atomic E-state index is 10.2. The van der Waals surface area contributed by atoms with Gasteiger partial charge in [-0.3, -0.25) is 0 Å². The van der Waals surface area contributed by atoms with Crippen molar-refractivity contribution in [2.75, 3.05) is 26.4 Å². The summed E-state index contributed by atoms with van der Waals surface area (Å²) < 4.78 is 10.6. The lowest BCUT2D eigenvalue weighted by atomic mass is 9.91. The third-order valence-corrected chi connectivity index (χ3v) is 4.68. The minimum atomic E-state index is -1.52. The molecule has 8 N–H and O–H groups in total. The lowest BCUT2D eigenvalue weighted by molar-refractivity contribution is -0.240. The molecule has 0 aromatic rings. The second-order valence-corrected chi connectivity index (χ2v) is 6.67. The van der Waals surface area contributed by atoms with Gasteiger partial charge >= 0.3 is 0 Å². The number of aliphatic hydroxyl groups is 8. The summed E-state index contributed by atoms with van der Waals surface area (Å²) in [5, 5.41) is 77.6. The normalized spacial score (nSPS) is 34.3. The Morgan fingerprint density at radius 1 is 0.923 bits per heavy atom. The summed E-state index contributed by atoms with van der Waals surface area (Å²) >= 11 is 0. The molecule has 0 spiro atoms. The van der Waals surface area contributed by atoms with Crippen LogP contribution in [0.25, 0.3) is 0 Å². The highest BCUT2D eigenvalue weighted by Crippen LogP contribution is 2.22. The van der Waals surface area contributed by atoms with E-state index in [1.165, 1.54) is 0 Å². The molecule has 26 heavy (non-hydrogen) atoms. The molecule has 1 heterocycles. The van der Waals surface area contributed by atoms with Crippen molar-refractivity contribution in [3.63, 3.8) is 0 Å². The molecule has 0 aromatic heterocycles. The van der Waals surface area contributed by atoms with Gasteiger partial charge in [0, 0.05) is 5.92 Å². The Hall–Kier alpha value is -0.400. The maximum absolute atomic E-state index is 10.2. The van der Waals surface area contributed by atoms with Crippen molar-refractivity contribution in [3.8, 4) is 0 Å². The fourth-order valence-corrected chi connectivity index (χ4v) is 2.96. The monoisotopic (exact) mass is 384 g/mol. The Morgan fingerprint density at radius 3 is 2.08 bits per heavy atom. The smallest absolute Gasteiger partial charge is 0.111 e. The van der Waals surface area contributed by atoms with Gasteiger partial charge in [0.25, 0.3) is 0 Å². The third kappa shape index (κ3) is 6.06. The summed E-state index contributed by atoms with van der Waals surface area (Å²) in [5.41, 5.74) is 0. The number of ether oxygens (including phenoxy) is 2. The number of hydrogen-bond acceptors (Lipinski definition) is 10. The first kappa shape index (κ1) is 23.6. The fourth-order valence-electron chi connectivity index (χ4n) is 2.96. The molecule has 0 saturated carbocycles. The van der Waals surface area contributed by atoms with Crippen LogP contribution >= 0.6 is 0 Å². The Kier molecular flexibility index (Phi) is 10.4. The van der Waals surface area contributed by atoms with Gasteiger partial charge in [0.15, 0.2) is 0 Å². The van der Waals surface area contributed by atoms with Crippen LogP contribution < -0.4 is 0 Å². The van der Waals surface area contributed by atoms with Crippen molar-refractivity contribution in [1.82, 2.24) is 0 Å². The Morgan fingerprint density at radius 2 is 1.54 bits per heavy atom. The van der Waals surface area contributed by atoms with Crippen LogP contribution in [-0.4, -0.2) is 116 Å². The van der Waals surface area contributed by atoms with Crippen molar-refractivity contribution in [2.45, 2.75) is 68.6 Å². The van der Waals surface area contributed by atoms with Gasteiger partial charge in [-0.2, -0.15) is 0 Å². The van der Waals surface area contributed by atoms with Crippen LogP contribution in [0.1, 0.15) is 19.8 Å². The molecule has 0 aromatic carbocycles. The van der Waals surface area contributed by atoms with Crippen LogP contribution in [0, 0.1) is 5.92 Å². The largest absolute Gasteiger partial charge is 0.394 e. The summed E-state index contributed by atoms with van der Waals surface area (Å²) in [4.78, 5) is 0. The lowest BCUT2D eigenvalue weighted by Gasteiger charge is -2.40. The summed E-state index contributed by atoms with van der Waals surface area (Å²) in [6.45, 7) is 0.119. The molecule has 1 saturated heterocycles. The van der Waals surface area contributed by atoms with Crippen LogP contribution in [0.2, 0.25) is 0 Å². The van der Waals surface area contributed by atoms with E-state index in [2.05, 4.69) is 0 Å². The van der Waals surface area contributed by atoms with E-state index in [9.17, 15) is 30.6 Å². The molecule has 10 nitrogen and oxygen atoms in total. The molecular weight excluding hydrogens is 352 g/mol. The lowest BCUT2D eigenvalue weighted by Crippen LogP contribution is -2.59. The van der Waals surface area contributed by atoms with Crippen molar-refractivity contribution in [3.05, 3.63) is 0 Å². The van der Waals surface area contributed by atoms with Crippen molar-refractivity contribution in [2.24, 2.45) is 5.92 Å². The molecule has 1 aliphatic rings. The van der Waals surface area contributed by atoms with Gasteiger partial charge in [-0.15, -0.1) is 0 Å². The molecule has 0 amide bonds. The van der Waals surface area contributed by atoms with E-state index < -0.39 is 68.0 Å². The van der Waals surface area contributed by atoms with Gasteiger partial charge < -0.3 is 50.3 Å². The van der Waals surface area contributed by atoms with Gasteiger partial charge in [0.2, 0.25) is 0 Å². The van der Waals surface area contributed by atoms with E-state index in [-0.39, 0.29) is 13.2 Å². The zero-order valence-corrected chi connectivity index (χ0v) is 14.8. The quantitative estimate of drug-likeness (QED) is 0.177. The SMILES string of the molecule is CCCC(O)C(O)C(COCC1OC(CO)C(O)C(O)C1O)C(O)CO. The van der Waals surface area contributed by atoms with Crippen molar-refractivity contribution >= 4 is 0 Å². The highest BCUT2D eigenvalue weighted by atomic mass is 16.6. The average molecular weight is 384 g/mol. The summed E-state index contributed by atoms with van der Waals surface area (Å²) in [7, 11) is 0. The Bertz CT molecular complexity index is 382. The van der Waals surface area contributed by atoms with Crippen LogP contribution in [0.3, 0.4) is 0 Å². The first-order chi connectivity index (χ1) is 12.3. The summed E-state index contributed by atoms with van der Waals surface area (Å²) in [6.07, 6.45) is -9.38. The van der Waals surface area contributed by atoms with Crippen LogP contribution in [0.5, 0.6) is 0 Å². The van der Waals surface area contributed by atoms with Crippen LogP contribution in [0.4, 0.5) is 0 Å². The minimum Gasteiger partial charge on any atom is -0.394 e. The van der Waals surface area contributed by atoms with E-state index in [0.717, 1.165) is 0 Å². The second-order valence-electron chi connectivity index (χ2n) is 6.67. The first-order valence-corrected chi connectivity index (χ1v) is 8.81. The molecule has 9 atom stereocenters. The van der Waals surface area contributed by atoms with Gasteiger partial charge in [-0.25, -0.2) is 0 Å². The first-order valence-electron chi connectivity index (χ1n) is 8.81. The minimum absolute atomic E-state index is 0.251. The third-order valence-electron chi connectivity index (χ3n) is 4.68. The molecule has 156 valence electrons. The predicted molar refractivity (Wildman–Crippen MR) is 88.1 cm³/mol. The number of rotatable bonds is 11. The molecule has 1 aliphatic heterocycles. The van der Waals surface area contributed by atoms with E-state index in [1.807, 2.05) is 6.92 Å². The molecule has 1 rings (SSSR count). The van der Waals surface area contributed by atoms with Gasteiger partial charge in [-0.1, -0.05) is 13.3 Å². The van der Waals surface area contributed by atoms with Gasteiger partial charge in [-0.05, 0) is 6.42 Å². The number of aliphatic hydroxyl groups excluding tert-OH is 8. The zero-order valence-electron chi connectivity index (χ0n) is 14.8. The molecular formula is C16H32O10.